The van der Waals surface area contributed by atoms with Crippen LogP contribution in [0.15, 0.2) is 24.3 Å². The Hall–Kier alpha value is -1.18. The molecule has 1 aromatic carbocycles. The molecule has 1 aliphatic rings. The number of aliphatic hydroxyl groups excluding tert-OH is 4. The van der Waals surface area contributed by atoms with Gasteiger partial charge in [0.2, 0.25) is 0 Å². The van der Waals surface area contributed by atoms with Crippen LogP contribution in [0.3, 0.4) is 0 Å². The Kier molecular flexibility index (Phi) is 3.84. The average Bonchev–Trinajstić information content (AvgIpc) is 2.38. The van der Waals surface area contributed by atoms with Crippen molar-refractivity contribution in [2.24, 2.45) is 0 Å². The molecule has 0 aromatic heterocycles. The third-order valence-electron chi connectivity index (χ3n) is 3.14. The number of ether oxygens (including phenoxy) is 1. The molecule has 1 saturated heterocycles. The lowest BCUT2D eigenvalue weighted by molar-refractivity contribution is -0.232. The zero-order valence-electron chi connectivity index (χ0n) is 9.55. The zero-order chi connectivity index (χ0) is 13.3. The molecule has 0 bridgehead atoms. The van der Waals surface area contributed by atoms with Gasteiger partial charge < -0.3 is 30.3 Å². The number of hydrogen-bond donors (Lipinski definition) is 5. The second-order valence-electron chi connectivity index (χ2n) is 4.31. The normalized spacial score (nSPS) is 36.6. The van der Waals surface area contributed by atoms with E-state index < -0.39 is 37.1 Å². The number of aromatic hydroxyl groups is 1. The maximum absolute atomic E-state index is 9.87. The summed E-state index contributed by atoms with van der Waals surface area (Å²) in [5.74, 6) is -0.0816. The molecule has 1 heterocycles. The van der Waals surface area contributed by atoms with Crippen molar-refractivity contribution in [1.82, 2.24) is 0 Å². The second-order valence-corrected chi connectivity index (χ2v) is 4.31. The van der Waals surface area contributed by atoms with Gasteiger partial charge in [0.15, 0.2) is 0 Å². The smallest absolute Gasteiger partial charge is 0.121 e. The lowest BCUT2D eigenvalue weighted by Gasteiger charge is -2.40. The Morgan fingerprint density at radius 2 is 1.67 bits per heavy atom. The topological polar surface area (TPSA) is 110 Å². The Labute approximate surface area is 104 Å². The minimum absolute atomic E-state index is 0.0816. The monoisotopic (exact) mass is 256 g/mol. The molecule has 6 nitrogen and oxygen atoms in total. The van der Waals surface area contributed by atoms with Crippen molar-refractivity contribution in [3.05, 3.63) is 29.8 Å². The van der Waals surface area contributed by atoms with E-state index in [0.717, 1.165) is 0 Å². The van der Waals surface area contributed by atoms with Crippen molar-refractivity contribution in [1.29, 1.82) is 0 Å². The fourth-order valence-corrected chi connectivity index (χ4v) is 2.09. The van der Waals surface area contributed by atoms with Crippen LogP contribution in [0.4, 0.5) is 0 Å². The number of phenolic OH excluding ortho intramolecular Hbond substituents is 1. The molecule has 18 heavy (non-hydrogen) atoms. The highest BCUT2D eigenvalue weighted by atomic mass is 16.5. The van der Waals surface area contributed by atoms with Crippen LogP contribution in [0.5, 0.6) is 5.75 Å². The number of hydrogen-bond acceptors (Lipinski definition) is 6. The molecule has 5 N–H and O–H groups in total. The number of para-hydroxylation sites is 1. The molecular formula is C12H16O6. The molecule has 100 valence electrons. The van der Waals surface area contributed by atoms with Gasteiger partial charge in [-0.2, -0.15) is 0 Å². The van der Waals surface area contributed by atoms with Crippen LogP contribution in [0, 0.1) is 0 Å². The summed E-state index contributed by atoms with van der Waals surface area (Å²) >= 11 is 0. The average molecular weight is 256 g/mol. The summed E-state index contributed by atoms with van der Waals surface area (Å²) in [6, 6.07) is 6.23. The van der Waals surface area contributed by atoms with Crippen molar-refractivity contribution < 1.29 is 30.3 Å². The highest BCUT2D eigenvalue weighted by Gasteiger charge is 2.44. The minimum atomic E-state index is -1.44. The van der Waals surface area contributed by atoms with Crippen molar-refractivity contribution in [2.45, 2.75) is 30.5 Å². The van der Waals surface area contributed by atoms with Crippen LogP contribution in [-0.2, 0) is 4.74 Å². The van der Waals surface area contributed by atoms with Crippen LogP contribution in [0.1, 0.15) is 11.7 Å². The van der Waals surface area contributed by atoms with Gasteiger partial charge in [0, 0.05) is 5.56 Å². The summed E-state index contributed by atoms with van der Waals surface area (Å²) < 4.78 is 5.33. The van der Waals surface area contributed by atoms with Crippen LogP contribution in [0.2, 0.25) is 0 Å². The maximum Gasteiger partial charge on any atom is 0.121 e. The molecule has 5 atom stereocenters. The van der Waals surface area contributed by atoms with Gasteiger partial charge in [0.1, 0.15) is 36.3 Å². The number of rotatable bonds is 2. The van der Waals surface area contributed by atoms with E-state index in [-0.39, 0.29) is 5.75 Å². The van der Waals surface area contributed by atoms with E-state index in [9.17, 15) is 20.4 Å². The van der Waals surface area contributed by atoms with Gasteiger partial charge >= 0.3 is 0 Å². The molecule has 1 aromatic rings. The molecule has 5 unspecified atom stereocenters. The number of phenols is 1. The van der Waals surface area contributed by atoms with E-state index >= 15 is 0 Å². The summed E-state index contributed by atoms with van der Waals surface area (Å²) in [5, 5.41) is 47.9. The molecule has 0 aliphatic carbocycles. The summed E-state index contributed by atoms with van der Waals surface area (Å²) in [6.07, 6.45) is -6.20. The zero-order valence-corrected chi connectivity index (χ0v) is 9.55. The molecule has 0 spiro atoms. The van der Waals surface area contributed by atoms with Crippen LogP contribution >= 0.6 is 0 Å². The van der Waals surface area contributed by atoms with Gasteiger partial charge in [0.25, 0.3) is 0 Å². The third-order valence-corrected chi connectivity index (χ3v) is 3.14. The van der Waals surface area contributed by atoms with Gasteiger partial charge in [-0.25, -0.2) is 0 Å². The Morgan fingerprint density at radius 3 is 2.28 bits per heavy atom. The van der Waals surface area contributed by atoms with E-state index in [0.29, 0.717) is 5.56 Å². The predicted molar refractivity (Wildman–Crippen MR) is 60.8 cm³/mol. The van der Waals surface area contributed by atoms with Gasteiger partial charge in [-0.1, -0.05) is 18.2 Å². The predicted octanol–water partition coefficient (Wildman–Crippen LogP) is -1.09. The van der Waals surface area contributed by atoms with Crippen molar-refractivity contribution in [2.75, 3.05) is 6.61 Å². The summed E-state index contributed by atoms with van der Waals surface area (Å²) in [5.41, 5.74) is 0.300. The van der Waals surface area contributed by atoms with Gasteiger partial charge in [-0.05, 0) is 6.07 Å². The Morgan fingerprint density at radius 1 is 1.00 bits per heavy atom. The molecular weight excluding hydrogens is 240 g/mol. The van der Waals surface area contributed by atoms with Crippen molar-refractivity contribution in [3.8, 4) is 5.75 Å². The largest absolute Gasteiger partial charge is 0.508 e. The summed E-state index contributed by atoms with van der Waals surface area (Å²) in [7, 11) is 0. The van der Waals surface area contributed by atoms with E-state index in [1.54, 1.807) is 18.2 Å². The molecule has 0 amide bonds. The molecule has 0 saturated carbocycles. The van der Waals surface area contributed by atoms with Crippen LogP contribution in [-0.4, -0.2) is 56.6 Å². The van der Waals surface area contributed by atoms with Gasteiger partial charge in [-0.15, -0.1) is 0 Å². The maximum atomic E-state index is 9.87. The van der Waals surface area contributed by atoms with Gasteiger partial charge in [-0.3, -0.25) is 0 Å². The van der Waals surface area contributed by atoms with E-state index in [2.05, 4.69) is 0 Å². The number of benzene rings is 1. The third kappa shape index (κ3) is 2.21. The van der Waals surface area contributed by atoms with E-state index in [4.69, 9.17) is 9.84 Å². The lowest BCUT2D eigenvalue weighted by atomic mass is 9.91. The summed E-state index contributed by atoms with van der Waals surface area (Å²) in [6.45, 7) is -0.491. The minimum Gasteiger partial charge on any atom is -0.508 e. The first-order valence-corrected chi connectivity index (χ1v) is 5.64. The summed E-state index contributed by atoms with van der Waals surface area (Å²) in [4.78, 5) is 0. The molecule has 1 fully saturated rings. The Bertz CT molecular complexity index is 407. The standard InChI is InChI=1S/C12H16O6/c13-5-8-9(15)10(16)11(17)12(18-8)6-3-1-2-4-7(6)14/h1-4,8-17H,5H2. The van der Waals surface area contributed by atoms with E-state index in [1.807, 2.05) is 0 Å². The first-order valence-electron chi connectivity index (χ1n) is 5.64. The molecule has 0 radical (unpaired) electrons. The van der Waals surface area contributed by atoms with E-state index in [1.165, 1.54) is 6.07 Å². The highest BCUT2D eigenvalue weighted by molar-refractivity contribution is 5.35. The van der Waals surface area contributed by atoms with Crippen molar-refractivity contribution >= 4 is 0 Å². The quantitative estimate of drug-likeness (QED) is 0.460. The lowest BCUT2D eigenvalue weighted by Crippen LogP contribution is -2.55. The fraction of sp³-hybridized carbons (Fsp3) is 0.500. The molecule has 1 aliphatic heterocycles. The van der Waals surface area contributed by atoms with Crippen LogP contribution < -0.4 is 0 Å². The molecule has 2 rings (SSSR count). The SMILES string of the molecule is OCC1OC(c2ccccc2O)C(O)C(O)C1O. The molecule has 6 heteroatoms. The highest BCUT2D eigenvalue weighted by Crippen LogP contribution is 2.36. The van der Waals surface area contributed by atoms with Crippen molar-refractivity contribution in [3.63, 3.8) is 0 Å². The van der Waals surface area contributed by atoms with Crippen LogP contribution in [0.25, 0.3) is 0 Å². The first-order chi connectivity index (χ1) is 8.56. The fourth-order valence-electron chi connectivity index (χ4n) is 2.09. The number of aliphatic hydroxyl groups is 4. The Balaban J connectivity index is 2.30. The first kappa shape index (κ1) is 13.3. The second kappa shape index (κ2) is 5.21. The van der Waals surface area contributed by atoms with Gasteiger partial charge in [0.05, 0.1) is 6.61 Å².